The van der Waals surface area contributed by atoms with Crippen LogP contribution < -0.4 is 15.5 Å². The van der Waals surface area contributed by atoms with Crippen molar-refractivity contribution >= 4 is 11.7 Å². The Bertz CT molecular complexity index is 880. The molecule has 1 atom stereocenters. The lowest BCUT2D eigenvalue weighted by Crippen LogP contribution is -2.34. The van der Waals surface area contributed by atoms with Crippen molar-refractivity contribution in [3.63, 3.8) is 0 Å². The summed E-state index contributed by atoms with van der Waals surface area (Å²) in [4.78, 5) is 14.5. The Morgan fingerprint density at radius 1 is 1.21 bits per heavy atom. The zero-order valence-electron chi connectivity index (χ0n) is 15.9. The standard InChI is InChI=1S/C18H22F3N5O3/c1-10(11-3-5-12(6-4-11)17(28)29)23-15(27)13-14(18(19,20)21)24-26-8-7-25(9-22-2)16(13)26/h3-6,10,17,22,28-29H,7-9H2,1-2H3,(H,23,27)/t10-/m0/s1. The molecule has 1 aromatic heterocycles. The van der Waals surface area contributed by atoms with Crippen LogP contribution in [0.2, 0.25) is 0 Å². The number of nitrogens with one attached hydrogen (secondary N) is 2. The van der Waals surface area contributed by atoms with E-state index in [2.05, 4.69) is 15.7 Å². The fourth-order valence-electron chi connectivity index (χ4n) is 3.31. The number of anilines is 1. The van der Waals surface area contributed by atoms with E-state index in [1.807, 2.05) is 0 Å². The number of halogens is 3. The average molecular weight is 413 g/mol. The summed E-state index contributed by atoms with van der Waals surface area (Å²) in [5, 5.41) is 27.4. The monoisotopic (exact) mass is 413 g/mol. The normalized spacial score (nSPS) is 15.0. The van der Waals surface area contributed by atoms with Crippen LogP contribution in [0.1, 0.15) is 46.4 Å². The van der Waals surface area contributed by atoms with E-state index in [-0.39, 0.29) is 24.6 Å². The van der Waals surface area contributed by atoms with Crippen molar-refractivity contribution in [2.75, 3.05) is 25.2 Å². The molecule has 0 radical (unpaired) electrons. The van der Waals surface area contributed by atoms with E-state index in [0.717, 1.165) is 0 Å². The first-order valence-corrected chi connectivity index (χ1v) is 8.98. The van der Waals surface area contributed by atoms with Gasteiger partial charge < -0.3 is 25.7 Å². The highest BCUT2D eigenvalue weighted by Gasteiger charge is 2.44. The zero-order valence-corrected chi connectivity index (χ0v) is 15.9. The molecule has 0 fully saturated rings. The lowest BCUT2D eigenvalue weighted by molar-refractivity contribution is -0.141. The van der Waals surface area contributed by atoms with Crippen molar-refractivity contribution < 1.29 is 28.2 Å². The SMILES string of the molecule is CNCN1CCn2nc(C(F)(F)F)c(C(=O)N[C@@H](C)c3ccc(C(O)O)cc3)c21. The molecule has 1 aliphatic heterocycles. The predicted octanol–water partition coefficient (Wildman–Crippen LogP) is 1.37. The van der Waals surface area contributed by atoms with Gasteiger partial charge in [0.1, 0.15) is 11.4 Å². The van der Waals surface area contributed by atoms with Gasteiger partial charge in [0.2, 0.25) is 0 Å². The van der Waals surface area contributed by atoms with Gasteiger partial charge in [-0.1, -0.05) is 24.3 Å². The smallest absolute Gasteiger partial charge is 0.364 e. The van der Waals surface area contributed by atoms with Crippen molar-refractivity contribution in [3.8, 4) is 0 Å². The minimum absolute atomic E-state index is 0.134. The van der Waals surface area contributed by atoms with E-state index in [0.29, 0.717) is 12.1 Å². The van der Waals surface area contributed by atoms with E-state index in [1.54, 1.807) is 31.0 Å². The lowest BCUT2D eigenvalue weighted by Gasteiger charge is -2.20. The molecule has 1 amide bonds. The fraction of sp³-hybridized carbons (Fsp3) is 0.444. The van der Waals surface area contributed by atoms with Crippen molar-refractivity contribution in [3.05, 3.63) is 46.6 Å². The first-order chi connectivity index (χ1) is 13.6. The third-order valence-corrected chi connectivity index (χ3v) is 4.73. The molecule has 0 saturated heterocycles. The van der Waals surface area contributed by atoms with Crippen LogP contribution in [-0.2, 0) is 12.7 Å². The van der Waals surface area contributed by atoms with Gasteiger partial charge in [0.05, 0.1) is 19.3 Å². The number of aliphatic hydroxyl groups excluding tert-OH is 1. The van der Waals surface area contributed by atoms with Crippen LogP contribution >= 0.6 is 0 Å². The van der Waals surface area contributed by atoms with Crippen molar-refractivity contribution in [1.82, 2.24) is 20.4 Å². The van der Waals surface area contributed by atoms with Gasteiger partial charge in [0.15, 0.2) is 12.0 Å². The maximum atomic E-state index is 13.5. The molecular formula is C18H22F3N5O3. The van der Waals surface area contributed by atoms with E-state index >= 15 is 0 Å². The second-order valence-electron chi connectivity index (χ2n) is 6.78. The molecule has 1 aromatic carbocycles. The molecule has 1 aliphatic rings. The van der Waals surface area contributed by atoms with Crippen LogP contribution in [0.25, 0.3) is 0 Å². The third kappa shape index (κ3) is 4.21. The lowest BCUT2D eigenvalue weighted by atomic mass is 10.1. The maximum Gasteiger partial charge on any atom is 0.436 e. The van der Waals surface area contributed by atoms with E-state index < -0.39 is 35.7 Å². The van der Waals surface area contributed by atoms with Crippen LogP contribution in [0.3, 0.4) is 0 Å². The molecule has 11 heteroatoms. The second kappa shape index (κ2) is 8.01. The van der Waals surface area contributed by atoms with Crippen molar-refractivity contribution in [2.24, 2.45) is 0 Å². The van der Waals surface area contributed by atoms with Crippen molar-refractivity contribution in [2.45, 2.75) is 32.0 Å². The maximum absolute atomic E-state index is 13.5. The Kier molecular flexibility index (Phi) is 5.82. The van der Waals surface area contributed by atoms with Crippen LogP contribution in [0, 0.1) is 0 Å². The van der Waals surface area contributed by atoms with Crippen LogP contribution in [0.15, 0.2) is 24.3 Å². The number of carbonyl (C=O) groups is 1. The molecule has 0 saturated carbocycles. The summed E-state index contributed by atoms with van der Waals surface area (Å²) in [6.45, 7) is 2.62. The Morgan fingerprint density at radius 2 is 1.83 bits per heavy atom. The molecule has 158 valence electrons. The summed E-state index contributed by atoms with van der Waals surface area (Å²) in [6, 6.07) is 5.47. The first kappa shape index (κ1) is 21.1. The van der Waals surface area contributed by atoms with E-state index in [1.165, 1.54) is 16.8 Å². The molecule has 0 aliphatic carbocycles. The van der Waals surface area contributed by atoms with Gasteiger partial charge in [-0.15, -0.1) is 0 Å². The highest BCUT2D eigenvalue weighted by molar-refractivity contribution is 6.01. The van der Waals surface area contributed by atoms with Gasteiger partial charge in [-0.25, -0.2) is 4.68 Å². The van der Waals surface area contributed by atoms with Crippen LogP contribution in [0.4, 0.5) is 19.0 Å². The second-order valence-corrected chi connectivity index (χ2v) is 6.78. The highest BCUT2D eigenvalue weighted by Crippen LogP contribution is 2.38. The van der Waals surface area contributed by atoms with Crippen molar-refractivity contribution in [1.29, 1.82) is 0 Å². The Hall–Kier alpha value is -2.63. The predicted molar refractivity (Wildman–Crippen MR) is 98.0 cm³/mol. The summed E-state index contributed by atoms with van der Waals surface area (Å²) < 4.78 is 41.8. The minimum atomic E-state index is -4.77. The van der Waals surface area contributed by atoms with E-state index in [4.69, 9.17) is 10.2 Å². The molecule has 2 heterocycles. The number of aliphatic hydroxyl groups is 2. The molecule has 0 unspecified atom stereocenters. The van der Waals surface area contributed by atoms with E-state index in [9.17, 15) is 18.0 Å². The number of aromatic nitrogens is 2. The number of fused-ring (bicyclic) bond motifs is 1. The number of benzene rings is 1. The Morgan fingerprint density at radius 3 is 2.38 bits per heavy atom. The number of alkyl halides is 3. The van der Waals surface area contributed by atoms with Gasteiger partial charge in [-0.2, -0.15) is 18.3 Å². The summed E-state index contributed by atoms with van der Waals surface area (Å²) >= 11 is 0. The molecule has 0 spiro atoms. The Balaban J connectivity index is 1.90. The summed E-state index contributed by atoms with van der Waals surface area (Å²) in [5.74, 6) is -0.740. The molecule has 0 bridgehead atoms. The number of hydrogen-bond donors (Lipinski definition) is 4. The highest BCUT2D eigenvalue weighted by atomic mass is 19.4. The fourth-order valence-corrected chi connectivity index (χ4v) is 3.31. The number of carbonyl (C=O) groups excluding carboxylic acids is 1. The number of hydrogen-bond acceptors (Lipinski definition) is 6. The molecule has 4 N–H and O–H groups in total. The quantitative estimate of drug-likeness (QED) is 0.534. The molecule has 29 heavy (non-hydrogen) atoms. The van der Waals surface area contributed by atoms with Gasteiger partial charge >= 0.3 is 6.18 Å². The number of nitrogens with zero attached hydrogens (tertiary/aromatic N) is 3. The first-order valence-electron chi connectivity index (χ1n) is 8.98. The number of rotatable bonds is 6. The van der Waals surface area contributed by atoms with Crippen LogP contribution in [-0.4, -0.2) is 46.2 Å². The van der Waals surface area contributed by atoms with Gasteiger partial charge in [-0.3, -0.25) is 4.79 Å². The largest absolute Gasteiger partial charge is 0.436 e. The molecule has 3 rings (SSSR count). The number of amides is 1. The summed E-state index contributed by atoms with van der Waals surface area (Å²) in [5.41, 5.74) is -0.841. The van der Waals surface area contributed by atoms with Gasteiger partial charge in [-0.05, 0) is 19.5 Å². The Labute approximate surface area is 164 Å². The molecule has 8 nitrogen and oxygen atoms in total. The molecule has 2 aromatic rings. The third-order valence-electron chi connectivity index (χ3n) is 4.73. The van der Waals surface area contributed by atoms with Gasteiger partial charge in [0.25, 0.3) is 5.91 Å². The topological polar surface area (TPSA) is 103 Å². The minimum Gasteiger partial charge on any atom is -0.364 e. The van der Waals surface area contributed by atoms with Crippen LogP contribution in [0.5, 0.6) is 0 Å². The molecular weight excluding hydrogens is 391 g/mol. The summed E-state index contributed by atoms with van der Waals surface area (Å²) in [7, 11) is 1.67. The zero-order chi connectivity index (χ0) is 21.3. The average Bonchev–Trinajstić information content (AvgIpc) is 3.22. The summed E-state index contributed by atoms with van der Waals surface area (Å²) in [6.07, 6.45) is -6.39. The van der Waals surface area contributed by atoms with Gasteiger partial charge in [0, 0.05) is 12.1 Å².